The van der Waals surface area contributed by atoms with Gasteiger partial charge in [0.15, 0.2) is 11.3 Å². The number of para-hydroxylation sites is 1. The fraction of sp³-hybridized carbons (Fsp3) is 0.289. The average molecular weight is 598 g/mol. The summed E-state index contributed by atoms with van der Waals surface area (Å²) < 4.78 is 15.4. The van der Waals surface area contributed by atoms with Gasteiger partial charge in [0.05, 0.1) is 30.0 Å². The van der Waals surface area contributed by atoms with Crippen molar-refractivity contribution in [3.63, 3.8) is 0 Å². The van der Waals surface area contributed by atoms with E-state index in [0.717, 1.165) is 50.8 Å². The molecule has 2 aromatic carbocycles. The minimum Gasteiger partial charge on any atom is -0.456 e. The largest absolute Gasteiger partial charge is 0.456 e. The maximum atomic E-state index is 6.73. The van der Waals surface area contributed by atoms with Crippen molar-refractivity contribution in [3.05, 3.63) is 109 Å². The van der Waals surface area contributed by atoms with Gasteiger partial charge in [0, 0.05) is 34.8 Å². The van der Waals surface area contributed by atoms with Crippen LogP contribution in [0.4, 0.5) is 0 Å². The van der Waals surface area contributed by atoms with E-state index in [1.807, 2.05) is 24.0 Å². The van der Waals surface area contributed by atoms with Gasteiger partial charge in [0.2, 0.25) is 6.33 Å². The van der Waals surface area contributed by atoms with Crippen LogP contribution in [-0.4, -0.2) is 23.5 Å². The predicted molar refractivity (Wildman–Crippen MR) is 181 cm³/mol. The number of hydrogen-bond donors (Lipinski definition) is 0. The maximum absolute atomic E-state index is 6.73. The summed E-state index contributed by atoms with van der Waals surface area (Å²) >= 11 is 0. The van der Waals surface area contributed by atoms with E-state index in [1.165, 1.54) is 16.6 Å². The molecule has 5 heterocycles. The Morgan fingerprint density at radius 2 is 1.62 bits per heavy atom. The number of pyridine rings is 2. The van der Waals surface area contributed by atoms with E-state index in [9.17, 15) is 0 Å². The van der Waals surface area contributed by atoms with Crippen molar-refractivity contribution in [2.75, 3.05) is 0 Å². The van der Waals surface area contributed by atoms with E-state index in [0.29, 0.717) is 11.8 Å². The molecule has 0 atom stereocenters. The lowest BCUT2D eigenvalue weighted by Crippen LogP contribution is -2.23. The molecule has 7 rings (SSSR count). The normalized spacial score (nSPS) is 12.4. The molecule has 0 spiro atoms. The minimum atomic E-state index is 0.00936. The molecule has 0 saturated carbocycles. The minimum absolute atomic E-state index is 0.00936. The summed E-state index contributed by atoms with van der Waals surface area (Å²) in [6, 6.07) is 21.3. The Morgan fingerprint density at radius 3 is 2.33 bits per heavy atom. The van der Waals surface area contributed by atoms with Gasteiger partial charge in [-0.15, -0.1) is 0 Å². The van der Waals surface area contributed by atoms with Crippen molar-refractivity contribution < 1.29 is 9.30 Å². The maximum Gasteiger partial charge on any atom is 0.248 e. The average Bonchev–Trinajstić information content (AvgIpc) is 3.70. The third-order valence-corrected chi connectivity index (χ3v) is 8.60. The summed E-state index contributed by atoms with van der Waals surface area (Å²) in [5, 5.41) is 2.35. The van der Waals surface area contributed by atoms with E-state index < -0.39 is 0 Å². The number of imidazole rings is 2. The number of ether oxygens (including phenoxy) is 1. The van der Waals surface area contributed by atoms with Crippen LogP contribution in [0.25, 0.3) is 39.0 Å². The second-order valence-electron chi connectivity index (χ2n) is 13.7. The molecule has 5 aromatic heterocycles. The van der Waals surface area contributed by atoms with Crippen LogP contribution < -0.4 is 9.30 Å². The molecule has 7 heteroatoms. The lowest BCUT2D eigenvalue weighted by atomic mass is 9.88. The van der Waals surface area contributed by atoms with Crippen molar-refractivity contribution in [3.8, 4) is 23.0 Å². The smallest absolute Gasteiger partial charge is 0.248 e. The molecule has 7 nitrogen and oxygen atoms in total. The highest BCUT2D eigenvalue weighted by Crippen LogP contribution is 2.37. The summed E-state index contributed by atoms with van der Waals surface area (Å²) in [7, 11) is 2.03. The van der Waals surface area contributed by atoms with Gasteiger partial charge < -0.3 is 4.74 Å². The number of hydrogen-bond acceptors (Lipinski definition) is 3. The molecular formula is C38H41N6O+. The second kappa shape index (κ2) is 10.6. The van der Waals surface area contributed by atoms with Crippen LogP contribution in [0.1, 0.15) is 77.3 Å². The van der Waals surface area contributed by atoms with Gasteiger partial charge in [-0.1, -0.05) is 66.7 Å². The number of rotatable bonds is 6. The molecule has 0 N–H and O–H groups in total. The number of aromatic nitrogens is 6. The Bertz CT molecular complexity index is 2210. The molecule has 0 bridgehead atoms. The highest BCUT2D eigenvalue weighted by atomic mass is 16.5. The second-order valence-corrected chi connectivity index (χ2v) is 13.7. The first kappa shape index (κ1) is 28.8. The molecule has 0 aliphatic heterocycles. The van der Waals surface area contributed by atoms with Crippen LogP contribution in [0.2, 0.25) is 0 Å². The predicted octanol–water partition coefficient (Wildman–Crippen LogP) is 8.78. The first-order valence-corrected chi connectivity index (χ1v) is 15.8. The number of benzene rings is 2. The first-order valence-electron chi connectivity index (χ1n) is 15.8. The fourth-order valence-electron chi connectivity index (χ4n) is 6.38. The molecule has 0 aliphatic carbocycles. The molecule has 45 heavy (non-hydrogen) atoms. The third-order valence-electron chi connectivity index (χ3n) is 8.60. The highest BCUT2D eigenvalue weighted by Gasteiger charge is 2.24. The van der Waals surface area contributed by atoms with E-state index in [-0.39, 0.29) is 5.41 Å². The lowest BCUT2D eigenvalue weighted by Gasteiger charge is -2.20. The Morgan fingerprint density at radius 1 is 0.844 bits per heavy atom. The van der Waals surface area contributed by atoms with E-state index >= 15 is 0 Å². The van der Waals surface area contributed by atoms with Crippen LogP contribution in [0.15, 0.2) is 91.8 Å². The van der Waals surface area contributed by atoms with Gasteiger partial charge in [-0.05, 0) is 53.1 Å². The van der Waals surface area contributed by atoms with Crippen LogP contribution in [0.3, 0.4) is 0 Å². The number of nitrogens with zero attached hydrogens (tertiary/aromatic N) is 6. The van der Waals surface area contributed by atoms with E-state index in [2.05, 4.69) is 141 Å². The topological polar surface area (TPSA) is 53.2 Å². The lowest BCUT2D eigenvalue weighted by molar-refractivity contribution is -0.670. The summed E-state index contributed by atoms with van der Waals surface area (Å²) in [6.45, 7) is 15.6. The molecule has 0 radical (unpaired) electrons. The van der Waals surface area contributed by atoms with Gasteiger partial charge in [-0.25, -0.2) is 14.5 Å². The van der Waals surface area contributed by atoms with Crippen LogP contribution in [-0.2, 0) is 12.5 Å². The van der Waals surface area contributed by atoms with Crippen molar-refractivity contribution in [1.82, 2.24) is 23.5 Å². The zero-order valence-corrected chi connectivity index (χ0v) is 27.4. The van der Waals surface area contributed by atoms with Gasteiger partial charge in [0.1, 0.15) is 29.7 Å². The van der Waals surface area contributed by atoms with E-state index in [1.54, 1.807) is 0 Å². The van der Waals surface area contributed by atoms with Gasteiger partial charge in [-0.2, -0.15) is 4.57 Å². The zero-order valence-electron chi connectivity index (χ0n) is 27.4. The molecule has 0 fully saturated rings. The van der Waals surface area contributed by atoms with Crippen molar-refractivity contribution in [2.24, 2.45) is 7.05 Å². The summed E-state index contributed by atoms with van der Waals surface area (Å²) in [6.07, 6.45) is 10.2. The Hall–Kier alpha value is -4.91. The van der Waals surface area contributed by atoms with Gasteiger partial charge in [0.25, 0.3) is 0 Å². The Labute approximate surface area is 264 Å². The highest BCUT2D eigenvalue weighted by molar-refractivity contribution is 6.09. The third kappa shape index (κ3) is 4.96. The SMILES string of the molecule is CC(C)c1nc2c(-n3cc[n+](C)c3)cc(Oc3ccc4c5ccccc5n(-c5cc(C(C)(C)C)ccn5)c4c3)cn2c1C(C)C. The molecule has 0 unspecified atom stereocenters. The van der Waals surface area contributed by atoms with Gasteiger partial charge >= 0.3 is 0 Å². The van der Waals surface area contributed by atoms with Crippen molar-refractivity contribution in [1.29, 1.82) is 0 Å². The summed E-state index contributed by atoms with van der Waals surface area (Å²) in [5.41, 5.74) is 7.65. The summed E-state index contributed by atoms with van der Waals surface area (Å²) in [4.78, 5) is 10.0. The van der Waals surface area contributed by atoms with Crippen molar-refractivity contribution >= 4 is 27.5 Å². The molecular weight excluding hydrogens is 556 g/mol. The monoisotopic (exact) mass is 597 g/mol. The van der Waals surface area contributed by atoms with Crippen LogP contribution in [0.5, 0.6) is 11.5 Å². The van der Waals surface area contributed by atoms with Crippen molar-refractivity contribution in [2.45, 2.75) is 65.7 Å². The molecule has 7 aromatic rings. The summed E-state index contributed by atoms with van der Waals surface area (Å²) in [5.74, 6) is 3.01. The number of fused-ring (bicyclic) bond motifs is 4. The van der Waals surface area contributed by atoms with Gasteiger partial charge in [-0.3, -0.25) is 8.97 Å². The quantitative estimate of drug-likeness (QED) is 0.180. The molecule has 228 valence electrons. The van der Waals surface area contributed by atoms with Crippen LogP contribution in [0, 0.1) is 0 Å². The Kier molecular flexibility index (Phi) is 6.80. The standard InChI is InChI=1S/C38H41N6O/c1-24(2)35-36(25(3)4)43-22-28(21-33(37(43)40-35)42-18-17-41(8)23-42)45-27-13-14-30-29-11-9-10-12-31(29)44(32(30)20-27)34-19-26(15-16-39-34)38(5,6)7/h9-25H,1-8H3/q+1. The molecule has 0 saturated heterocycles. The number of aryl methyl sites for hydroxylation is 1. The molecule has 0 amide bonds. The molecule has 0 aliphatic rings. The zero-order chi connectivity index (χ0) is 31.6. The van der Waals surface area contributed by atoms with E-state index in [4.69, 9.17) is 14.7 Å². The van der Waals surface area contributed by atoms with Crippen LogP contribution >= 0.6 is 0 Å². The Balaban J connectivity index is 1.41. The first-order chi connectivity index (χ1) is 21.5. The fourth-order valence-corrected chi connectivity index (χ4v) is 6.38.